The standard InChI is InChI=1S/C12H8N2O2/c15-12(16)7-4-10-2-5-11(6-3-10)14-9-1-8-13-14/h1-3,5-6,8-9H,(H,15,16). The molecule has 0 aliphatic carbocycles. The number of benzene rings is 1. The van der Waals surface area contributed by atoms with Crippen LogP contribution >= 0.6 is 0 Å². The molecule has 0 atom stereocenters. The molecule has 0 aliphatic heterocycles. The monoisotopic (exact) mass is 212 g/mol. The summed E-state index contributed by atoms with van der Waals surface area (Å²) in [5.41, 5.74) is 1.57. The van der Waals surface area contributed by atoms with Crippen molar-refractivity contribution in [1.29, 1.82) is 0 Å². The fourth-order valence-electron chi connectivity index (χ4n) is 1.24. The van der Waals surface area contributed by atoms with Crippen molar-refractivity contribution in [3.63, 3.8) is 0 Å². The van der Waals surface area contributed by atoms with Crippen molar-refractivity contribution in [2.24, 2.45) is 0 Å². The highest BCUT2D eigenvalue weighted by Gasteiger charge is 1.95. The molecule has 0 saturated heterocycles. The molecule has 0 amide bonds. The zero-order valence-electron chi connectivity index (χ0n) is 8.29. The van der Waals surface area contributed by atoms with Crippen molar-refractivity contribution in [2.45, 2.75) is 0 Å². The first-order valence-corrected chi connectivity index (χ1v) is 4.61. The number of aliphatic carboxylic acids is 1. The number of hydrogen-bond donors (Lipinski definition) is 1. The molecule has 1 aromatic carbocycles. The van der Waals surface area contributed by atoms with Gasteiger partial charge in [-0.05, 0) is 30.3 Å². The molecule has 1 N–H and O–H groups in total. The van der Waals surface area contributed by atoms with Crippen LogP contribution in [0.15, 0.2) is 42.7 Å². The van der Waals surface area contributed by atoms with Gasteiger partial charge in [-0.3, -0.25) is 0 Å². The minimum absolute atomic E-state index is 0.665. The van der Waals surface area contributed by atoms with E-state index in [0.717, 1.165) is 5.69 Å². The Morgan fingerprint density at radius 2 is 2.06 bits per heavy atom. The van der Waals surface area contributed by atoms with Crippen LogP contribution < -0.4 is 0 Å². The summed E-state index contributed by atoms with van der Waals surface area (Å²) in [6, 6.07) is 9.01. The van der Waals surface area contributed by atoms with Gasteiger partial charge < -0.3 is 5.11 Å². The van der Waals surface area contributed by atoms with Crippen molar-refractivity contribution >= 4 is 5.97 Å². The Balaban J connectivity index is 2.24. The minimum Gasteiger partial charge on any atom is -0.472 e. The Bertz CT molecular complexity index is 545. The molecule has 0 radical (unpaired) electrons. The second-order valence-corrected chi connectivity index (χ2v) is 3.05. The highest BCUT2D eigenvalue weighted by Crippen LogP contribution is 2.07. The fourth-order valence-corrected chi connectivity index (χ4v) is 1.24. The number of carboxylic acids is 1. The zero-order valence-corrected chi connectivity index (χ0v) is 8.29. The number of carbonyl (C=O) groups is 1. The van der Waals surface area contributed by atoms with E-state index in [4.69, 9.17) is 5.11 Å². The van der Waals surface area contributed by atoms with Crippen LogP contribution in [0, 0.1) is 11.8 Å². The zero-order chi connectivity index (χ0) is 11.4. The molecule has 0 spiro atoms. The van der Waals surface area contributed by atoms with E-state index < -0.39 is 5.97 Å². The van der Waals surface area contributed by atoms with Crippen molar-refractivity contribution in [1.82, 2.24) is 9.78 Å². The van der Waals surface area contributed by atoms with Crippen molar-refractivity contribution < 1.29 is 9.90 Å². The average Bonchev–Trinajstić information content (AvgIpc) is 2.80. The van der Waals surface area contributed by atoms with Crippen LogP contribution in [-0.4, -0.2) is 20.9 Å². The smallest absolute Gasteiger partial charge is 0.382 e. The number of nitrogens with zero attached hydrogens (tertiary/aromatic N) is 2. The summed E-state index contributed by atoms with van der Waals surface area (Å²) in [7, 11) is 0. The van der Waals surface area contributed by atoms with Crippen LogP contribution in [0.5, 0.6) is 0 Å². The molecule has 1 heterocycles. The summed E-state index contributed by atoms with van der Waals surface area (Å²) in [5.74, 6) is 3.47. The maximum Gasteiger partial charge on any atom is 0.382 e. The third-order valence-corrected chi connectivity index (χ3v) is 1.95. The van der Waals surface area contributed by atoms with E-state index in [9.17, 15) is 4.79 Å². The molecule has 0 bridgehead atoms. The lowest BCUT2D eigenvalue weighted by Gasteiger charge is -1.99. The highest BCUT2D eigenvalue weighted by atomic mass is 16.4. The number of carboxylic acid groups (broad SMARTS) is 1. The third kappa shape index (κ3) is 2.28. The first-order chi connectivity index (χ1) is 7.75. The Labute approximate surface area is 92.1 Å². The quantitative estimate of drug-likeness (QED) is 0.725. The molecular formula is C12H8N2O2. The van der Waals surface area contributed by atoms with Gasteiger partial charge in [-0.15, -0.1) is 0 Å². The van der Waals surface area contributed by atoms with E-state index in [1.807, 2.05) is 24.4 Å². The molecule has 0 saturated carbocycles. The predicted octanol–water partition coefficient (Wildman–Crippen LogP) is 1.31. The van der Waals surface area contributed by atoms with Gasteiger partial charge >= 0.3 is 5.97 Å². The first-order valence-electron chi connectivity index (χ1n) is 4.61. The molecule has 78 valence electrons. The summed E-state index contributed by atoms with van der Waals surface area (Å²) in [6.07, 6.45) is 3.52. The second-order valence-electron chi connectivity index (χ2n) is 3.05. The van der Waals surface area contributed by atoms with Crippen LogP contribution in [-0.2, 0) is 4.79 Å². The highest BCUT2D eigenvalue weighted by molar-refractivity contribution is 5.87. The Morgan fingerprint density at radius 3 is 2.62 bits per heavy atom. The Hall–Kier alpha value is -2.54. The van der Waals surface area contributed by atoms with Gasteiger partial charge in [0.1, 0.15) is 0 Å². The number of rotatable bonds is 1. The van der Waals surface area contributed by atoms with Crippen LogP contribution in [0.4, 0.5) is 0 Å². The van der Waals surface area contributed by atoms with Crippen molar-refractivity contribution in [3.8, 4) is 17.5 Å². The minimum atomic E-state index is -1.13. The normalized spacial score (nSPS) is 9.25. The summed E-state index contributed by atoms with van der Waals surface area (Å²) >= 11 is 0. The van der Waals surface area contributed by atoms with E-state index in [0.29, 0.717) is 5.56 Å². The van der Waals surface area contributed by atoms with Crippen LogP contribution in [0.2, 0.25) is 0 Å². The molecule has 0 fully saturated rings. The number of aromatic nitrogens is 2. The van der Waals surface area contributed by atoms with Gasteiger partial charge in [0, 0.05) is 23.9 Å². The van der Waals surface area contributed by atoms with E-state index in [1.165, 1.54) is 0 Å². The SMILES string of the molecule is O=C(O)C#Cc1ccc(-n2cccn2)cc1. The van der Waals surface area contributed by atoms with Gasteiger partial charge in [0.2, 0.25) is 0 Å². The van der Waals surface area contributed by atoms with Crippen LogP contribution in [0.25, 0.3) is 5.69 Å². The van der Waals surface area contributed by atoms with Gasteiger partial charge in [-0.2, -0.15) is 5.10 Å². The van der Waals surface area contributed by atoms with Crippen LogP contribution in [0.3, 0.4) is 0 Å². The summed E-state index contributed by atoms with van der Waals surface area (Å²) in [6.45, 7) is 0. The van der Waals surface area contributed by atoms with E-state index in [2.05, 4.69) is 16.9 Å². The molecule has 2 aromatic rings. The summed E-state index contributed by atoms with van der Waals surface area (Å²) in [4.78, 5) is 10.2. The summed E-state index contributed by atoms with van der Waals surface area (Å²) < 4.78 is 1.72. The van der Waals surface area contributed by atoms with E-state index in [1.54, 1.807) is 23.0 Å². The van der Waals surface area contributed by atoms with Gasteiger partial charge in [0.25, 0.3) is 0 Å². The Kier molecular flexibility index (Phi) is 2.70. The van der Waals surface area contributed by atoms with Gasteiger partial charge in [-0.25, -0.2) is 9.48 Å². The number of hydrogen-bond acceptors (Lipinski definition) is 2. The molecule has 16 heavy (non-hydrogen) atoms. The first kappa shape index (κ1) is 9.99. The molecule has 0 aliphatic rings. The Morgan fingerprint density at radius 1 is 1.31 bits per heavy atom. The van der Waals surface area contributed by atoms with Crippen molar-refractivity contribution in [2.75, 3.05) is 0 Å². The average molecular weight is 212 g/mol. The molecule has 4 heteroatoms. The lowest BCUT2D eigenvalue weighted by atomic mass is 10.2. The van der Waals surface area contributed by atoms with E-state index in [-0.39, 0.29) is 0 Å². The van der Waals surface area contributed by atoms with Gasteiger partial charge in [-0.1, -0.05) is 5.92 Å². The molecule has 4 nitrogen and oxygen atoms in total. The van der Waals surface area contributed by atoms with Crippen molar-refractivity contribution in [3.05, 3.63) is 48.3 Å². The predicted molar refractivity (Wildman–Crippen MR) is 58.1 cm³/mol. The molecule has 1 aromatic heterocycles. The lowest BCUT2D eigenvalue weighted by Crippen LogP contribution is -1.93. The maximum atomic E-state index is 10.2. The summed E-state index contributed by atoms with van der Waals surface area (Å²) in [5, 5.41) is 12.5. The molecule has 0 unspecified atom stereocenters. The van der Waals surface area contributed by atoms with Crippen LogP contribution in [0.1, 0.15) is 5.56 Å². The van der Waals surface area contributed by atoms with Gasteiger partial charge in [0.05, 0.1) is 5.69 Å². The topological polar surface area (TPSA) is 55.1 Å². The molecular weight excluding hydrogens is 204 g/mol. The lowest BCUT2D eigenvalue weighted by molar-refractivity contribution is -0.130. The fraction of sp³-hybridized carbons (Fsp3) is 0. The second kappa shape index (κ2) is 4.32. The maximum absolute atomic E-state index is 10.2. The molecule has 2 rings (SSSR count). The largest absolute Gasteiger partial charge is 0.472 e. The third-order valence-electron chi connectivity index (χ3n) is 1.95. The van der Waals surface area contributed by atoms with Gasteiger partial charge in [0.15, 0.2) is 0 Å². The van der Waals surface area contributed by atoms with E-state index >= 15 is 0 Å².